The van der Waals surface area contributed by atoms with Crippen molar-refractivity contribution < 1.29 is 28.7 Å². The van der Waals surface area contributed by atoms with Crippen LogP contribution in [0.1, 0.15) is 25.5 Å². The molecule has 1 aromatic heterocycles. The molecule has 1 aromatic carbocycles. The first-order chi connectivity index (χ1) is 14.0. The molecular formula is C20H20FN3O5. The number of oxime groups is 1. The third-order valence-corrected chi connectivity index (χ3v) is 4.81. The van der Waals surface area contributed by atoms with Gasteiger partial charge in [0.1, 0.15) is 18.4 Å². The Morgan fingerprint density at radius 3 is 2.72 bits per heavy atom. The minimum absolute atomic E-state index is 0.459. The molecule has 9 heteroatoms. The molecule has 8 nitrogen and oxygen atoms in total. The van der Waals surface area contributed by atoms with Crippen molar-refractivity contribution in [3.8, 4) is 0 Å². The maximum absolute atomic E-state index is 12.7. The maximum Gasteiger partial charge on any atom is 0.305 e. The summed E-state index contributed by atoms with van der Waals surface area (Å²) in [5.74, 6) is -3.51. The zero-order valence-corrected chi connectivity index (χ0v) is 15.7. The second-order valence-corrected chi connectivity index (χ2v) is 6.66. The van der Waals surface area contributed by atoms with Gasteiger partial charge in [-0.25, -0.2) is 4.39 Å². The smallest absolute Gasteiger partial charge is 0.305 e. The summed E-state index contributed by atoms with van der Waals surface area (Å²) in [6.45, 7) is 0.477. The molecule has 0 radical (unpaired) electrons. The summed E-state index contributed by atoms with van der Waals surface area (Å²) in [6.07, 6.45) is 0.349. The Hall–Kier alpha value is -3.36. The van der Waals surface area contributed by atoms with Crippen LogP contribution in [0.25, 0.3) is 10.8 Å². The van der Waals surface area contributed by atoms with E-state index in [2.05, 4.69) is 15.5 Å². The molecule has 2 aromatic rings. The molecule has 29 heavy (non-hydrogen) atoms. The maximum atomic E-state index is 12.7. The minimum atomic E-state index is -1.47. The molecule has 1 aliphatic heterocycles. The predicted octanol–water partition coefficient (Wildman–Crippen LogP) is 1.86. The number of Topliss-reactive ketones (excluding diaryl/α,β-unsaturated/α-hetero) is 1. The molecule has 0 bridgehead atoms. The van der Waals surface area contributed by atoms with Crippen LogP contribution < -0.4 is 5.32 Å². The first-order valence-electron chi connectivity index (χ1n) is 9.15. The fourth-order valence-corrected chi connectivity index (χ4v) is 3.35. The lowest BCUT2D eigenvalue weighted by Gasteiger charge is -2.20. The van der Waals surface area contributed by atoms with Crippen molar-refractivity contribution in [2.24, 2.45) is 11.1 Å². The first-order valence-corrected chi connectivity index (χ1v) is 9.15. The van der Waals surface area contributed by atoms with Crippen LogP contribution in [0.4, 0.5) is 4.39 Å². The molecule has 2 heterocycles. The number of benzene rings is 1. The van der Waals surface area contributed by atoms with Crippen LogP contribution >= 0.6 is 0 Å². The van der Waals surface area contributed by atoms with Gasteiger partial charge in [0, 0.05) is 11.6 Å². The number of hydrogen-bond donors (Lipinski definition) is 2. The van der Waals surface area contributed by atoms with Crippen LogP contribution in [0.15, 0.2) is 41.7 Å². The fraction of sp³-hybridized carbons (Fsp3) is 0.350. The first kappa shape index (κ1) is 20.4. The zero-order valence-electron chi connectivity index (χ0n) is 15.7. The Morgan fingerprint density at radius 2 is 2.03 bits per heavy atom. The number of fused-ring (bicyclic) bond motifs is 1. The summed E-state index contributed by atoms with van der Waals surface area (Å²) in [4.78, 5) is 45.0. The quantitative estimate of drug-likeness (QED) is 0.697. The van der Waals surface area contributed by atoms with Crippen molar-refractivity contribution in [1.82, 2.24) is 10.3 Å². The number of amides is 1. The van der Waals surface area contributed by atoms with Gasteiger partial charge in [-0.3, -0.25) is 19.4 Å². The van der Waals surface area contributed by atoms with Crippen molar-refractivity contribution in [2.75, 3.05) is 6.67 Å². The van der Waals surface area contributed by atoms with Crippen molar-refractivity contribution in [3.05, 3.63) is 42.2 Å². The molecule has 1 aliphatic rings. The third-order valence-electron chi connectivity index (χ3n) is 4.81. The van der Waals surface area contributed by atoms with E-state index in [4.69, 9.17) is 9.94 Å². The van der Waals surface area contributed by atoms with Crippen LogP contribution in [0.2, 0.25) is 0 Å². The Balaban J connectivity index is 1.83. The number of alkyl halides is 1. The van der Waals surface area contributed by atoms with Gasteiger partial charge in [0.15, 0.2) is 5.78 Å². The summed E-state index contributed by atoms with van der Waals surface area (Å²) < 4.78 is 12.7. The van der Waals surface area contributed by atoms with Gasteiger partial charge < -0.3 is 15.3 Å². The number of carbonyl (C=O) groups is 3. The van der Waals surface area contributed by atoms with E-state index in [9.17, 15) is 18.8 Å². The highest BCUT2D eigenvalue weighted by molar-refractivity contribution is 6.12. The SMILES string of the molecule is CC[C@H]1C(c2nccc3ccccc23)=NOC1C(=O)NC(CC(=O)O)C(=O)CF. The average molecular weight is 401 g/mol. The highest BCUT2D eigenvalue weighted by Gasteiger charge is 2.41. The number of carbonyl (C=O) groups excluding carboxylic acids is 2. The van der Waals surface area contributed by atoms with Gasteiger partial charge >= 0.3 is 5.97 Å². The Kier molecular flexibility index (Phi) is 6.16. The monoisotopic (exact) mass is 401 g/mol. The number of hydrogen-bond acceptors (Lipinski definition) is 6. The van der Waals surface area contributed by atoms with Crippen molar-refractivity contribution in [1.29, 1.82) is 0 Å². The molecule has 0 aliphatic carbocycles. The third kappa shape index (κ3) is 4.23. The number of carboxylic acids is 1. The van der Waals surface area contributed by atoms with Gasteiger partial charge in [0.2, 0.25) is 6.10 Å². The zero-order chi connectivity index (χ0) is 21.0. The molecule has 0 fully saturated rings. The highest BCUT2D eigenvalue weighted by atomic mass is 19.1. The van der Waals surface area contributed by atoms with Crippen LogP contribution in [0, 0.1) is 5.92 Å². The Bertz CT molecular complexity index is 972. The van der Waals surface area contributed by atoms with Gasteiger partial charge in [-0.15, -0.1) is 0 Å². The second-order valence-electron chi connectivity index (χ2n) is 6.66. The van der Waals surface area contributed by atoms with E-state index in [1.54, 1.807) is 6.20 Å². The molecule has 2 unspecified atom stereocenters. The number of halogens is 1. The van der Waals surface area contributed by atoms with E-state index in [1.165, 1.54) is 0 Å². The minimum Gasteiger partial charge on any atom is -0.481 e. The summed E-state index contributed by atoms with van der Waals surface area (Å²) in [5, 5.41) is 17.1. The number of nitrogens with one attached hydrogen (secondary N) is 1. The average Bonchev–Trinajstić information content (AvgIpc) is 3.15. The van der Waals surface area contributed by atoms with Gasteiger partial charge in [-0.05, 0) is 17.9 Å². The van der Waals surface area contributed by atoms with E-state index in [0.717, 1.165) is 10.8 Å². The summed E-state index contributed by atoms with van der Waals surface area (Å²) in [5.41, 5.74) is 1.09. The van der Waals surface area contributed by atoms with Crippen LogP contribution in [-0.2, 0) is 19.2 Å². The lowest BCUT2D eigenvalue weighted by atomic mass is 9.90. The standard InChI is InChI=1S/C20H20FN3O5/c1-2-12-18(17-13-6-4-3-5-11(13)7-8-22-17)24-29-19(12)20(28)23-14(9-16(26)27)15(25)10-21/h3-8,12,14,19H,2,9-10H2,1H3,(H,23,28)(H,26,27)/t12-,14?,19?/m0/s1. The number of carboxylic acid groups (broad SMARTS) is 1. The van der Waals surface area contributed by atoms with Crippen molar-refractivity contribution in [3.63, 3.8) is 0 Å². The number of rotatable bonds is 8. The molecule has 3 atom stereocenters. The summed E-state index contributed by atoms with van der Waals surface area (Å²) in [7, 11) is 0. The van der Waals surface area contributed by atoms with Gasteiger partial charge in [-0.2, -0.15) is 0 Å². The molecule has 2 N–H and O–H groups in total. The lowest BCUT2D eigenvalue weighted by molar-refractivity contribution is -0.142. The van der Waals surface area contributed by atoms with Crippen molar-refractivity contribution >= 4 is 34.1 Å². The van der Waals surface area contributed by atoms with Crippen molar-refractivity contribution in [2.45, 2.75) is 31.9 Å². The van der Waals surface area contributed by atoms with Gasteiger partial charge in [0.05, 0.1) is 18.0 Å². The van der Waals surface area contributed by atoms with Crippen LogP contribution in [0.5, 0.6) is 0 Å². The molecular weight excluding hydrogens is 381 g/mol. The van der Waals surface area contributed by atoms with E-state index >= 15 is 0 Å². The molecule has 0 saturated carbocycles. The number of ketones is 1. The summed E-state index contributed by atoms with van der Waals surface area (Å²) in [6, 6.07) is 7.99. The van der Waals surface area contributed by atoms with Gasteiger partial charge in [0.25, 0.3) is 5.91 Å². The Morgan fingerprint density at radius 1 is 1.28 bits per heavy atom. The van der Waals surface area contributed by atoms with E-state index in [1.807, 2.05) is 37.3 Å². The Labute approximate surface area is 165 Å². The van der Waals surface area contributed by atoms with E-state index in [0.29, 0.717) is 17.8 Å². The molecule has 1 amide bonds. The largest absolute Gasteiger partial charge is 0.481 e. The number of pyridine rings is 1. The lowest BCUT2D eigenvalue weighted by Crippen LogP contribution is -2.49. The van der Waals surface area contributed by atoms with Crippen LogP contribution in [-0.4, -0.2) is 52.3 Å². The fourth-order valence-electron chi connectivity index (χ4n) is 3.35. The van der Waals surface area contributed by atoms with Crippen LogP contribution in [0.3, 0.4) is 0 Å². The molecule has 3 rings (SSSR count). The molecule has 0 spiro atoms. The predicted molar refractivity (Wildman–Crippen MR) is 102 cm³/mol. The van der Waals surface area contributed by atoms with E-state index < -0.39 is 48.8 Å². The second kappa shape index (κ2) is 8.76. The van der Waals surface area contributed by atoms with Gasteiger partial charge in [-0.1, -0.05) is 36.3 Å². The number of nitrogens with zero attached hydrogens (tertiary/aromatic N) is 2. The highest BCUT2D eigenvalue weighted by Crippen LogP contribution is 2.29. The number of aromatic nitrogens is 1. The molecule has 152 valence electrons. The normalized spacial score (nSPS) is 19.3. The number of aliphatic carboxylic acids is 1. The molecule has 0 saturated heterocycles. The van der Waals surface area contributed by atoms with E-state index in [-0.39, 0.29) is 0 Å². The topological polar surface area (TPSA) is 118 Å². The summed E-state index contributed by atoms with van der Waals surface area (Å²) >= 11 is 0.